The second kappa shape index (κ2) is 5.78. The number of carbonyl (C=O) groups is 1. The van der Waals surface area contributed by atoms with E-state index in [1.807, 2.05) is 30.3 Å². The fourth-order valence-corrected chi connectivity index (χ4v) is 2.96. The van der Waals surface area contributed by atoms with Crippen LogP contribution in [0.25, 0.3) is 11.1 Å². The van der Waals surface area contributed by atoms with Crippen molar-refractivity contribution < 1.29 is 10.0 Å². The Labute approximate surface area is 132 Å². The van der Waals surface area contributed by atoms with Crippen molar-refractivity contribution in [3.63, 3.8) is 0 Å². The van der Waals surface area contributed by atoms with Crippen LogP contribution in [0.4, 0.5) is 0 Å². The Morgan fingerprint density at radius 1 is 1.10 bits per heavy atom. The number of rotatable bonds is 2. The molecule has 2 aromatic carbocycles. The van der Waals surface area contributed by atoms with Gasteiger partial charge in [-0.3, -0.25) is 4.79 Å². The lowest BCUT2D eigenvalue weighted by Gasteiger charge is -2.15. The zero-order chi connectivity index (χ0) is 15.0. The number of halogens is 2. The molecule has 3 nitrogen and oxygen atoms in total. The molecular formula is C16H13Cl2NO2. The third kappa shape index (κ3) is 2.83. The number of nitrogens with zero attached hydrogens (tertiary/aromatic N) is 1. The van der Waals surface area contributed by atoms with Gasteiger partial charge in [0.25, 0.3) is 0 Å². The maximum absolute atomic E-state index is 12.0. The van der Waals surface area contributed by atoms with Crippen molar-refractivity contribution in [1.82, 2.24) is 5.06 Å². The van der Waals surface area contributed by atoms with E-state index in [9.17, 15) is 10.0 Å². The van der Waals surface area contributed by atoms with Gasteiger partial charge in [-0.1, -0.05) is 53.5 Å². The molecule has 0 amide bonds. The average Bonchev–Trinajstić information content (AvgIpc) is 2.81. The zero-order valence-corrected chi connectivity index (χ0v) is 12.6. The van der Waals surface area contributed by atoms with Crippen molar-refractivity contribution in [2.24, 2.45) is 0 Å². The summed E-state index contributed by atoms with van der Waals surface area (Å²) < 4.78 is 0. The Morgan fingerprint density at radius 2 is 1.86 bits per heavy atom. The second-order valence-electron chi connectivity index (χ2n) is 5.08. The Hall–Kier alpha value is -1.39. The molecule has 1 aliphatic heterocycles. The molecule has 1 N–H and O–H groups in total. The minimum Gasteiger partial charge on any atom is -0.314 e. The topological polar surface area (TPSA) is 40.5 Å². The summed E-state index contributed by atoms with van der Waals surface area (Å²) in [5.41, 5.74) is 2.74. The van der Waals surface area contributed by atoms with Gasteiger partial charge >= 0.3 is 0 Å². The van der Waals surface area contributed by atoms with Gasteiger partial charge in [0.2, 0.25) is 0 Å². The molecule has 0 spiro atoms. The van der Waals surface area contributed by atoms with Gasteiger partial charge < -0.3 is 5.21 Å². The number of hydrogen-bond acceptors (Lipinski definition) is 3. The molecule has 0 saturated carbocycles. The van der Waals surface area contributed by atoms with Crippen molar-refractivity contribution in [2.75, 3.05) is 13.1 Å². The van der Waals surface area contributed by atoms with E-state index in [1.165, 1.54) is 0 Å². The van der Waals surface area contributed by atoms with Crippen molar-refractivity contribution in [2.45, 2.75) is 5.92 Å². The lowest BCUT2D eigenvalue weighted by atomic mass is 9.89. The van der Waals surface area contributed by atoms with Gasteiger partial charge in [-0.2, -0.15) is 5.06 Å². The highest BCUT2D eigenvalue weighted by Crippen LogP contribution is 2.35. The summed E-state index contributed by atoms with van der Waals surface area (Å²) >= 11 is 12.0. The Balaban J connectivity index is 2.07. The van der Waals surface area contributed by atoms with Gasteiger partial charge in [-0.25, -0.2) is 0 Å². The van der Waals surface area contributed by atoms with E-state index in [0.717, 1.165) is 21.8 Å². The van der Waals surface area contributed by atoms with Crippen molar-refractivity contribution in [3.8, 4) is 11.1 Å². The Kier molecular flexibility index (Phi) is 4.00. The maximum Gasteiger partial charge on any atom is 0.158 e. The first kappa shape index (κ1) is 14.5. The molecule has 108 valence electrons. The van der Waals surface area contributed by atoms with Gasteiger partial charge in [0, 0.05) is 6.54 Å². The first-order valence-electron chi connectivity index (χ1n) is 6.57. The van der Waals surface area contributed by atoms with Crippen molar-refractivity contribution in [3.05, 3.63) is 58.1 Å². The number of Topliss-reactive ketones (excluding diaryl/α,β-unsaturated/α-hetero) is 1. The van der Waals surface area contributed by atoms with Gasteiger partial charge in [0.1, 0.15) is 0 Å². The molecule has 3 rings (SSSR count). The number of hydrogen-bond donors (Lipinski definition) is 1. The molecule has 21 heavy (non-hydrogen) atoms. The molecule has 0 aliphatic carbocycles. The number of carbonyl (C=O) groups excluding carboxylic acids is 1. The summed E-state index contributed by atoms with van der Waals surface area (Å²) in [5, 5.41) is 11.6. The molecule has 1 atom stereocenters. The molecule has 1 aliphatic rings. The lowest BCUT2D eigenvalue weighted by molar-refractivity contribution is -0.122. The monoisotopic (exact) mass is 321 g/mol. The lowest BCUT2D eigenvalue weighted by Crippen LogP contribution is -2.14. The Morgan fingerprint density at radius 3 is 2.52 bits per heavy atom. The minimum atomic E-state index is -0.319. The smallest absolute Gasteiger partial charge is 0.158 e. The summed E-state index contributed by atoms with van der Waals surface area (Å²) in [5.74, 6) is -0.300. The van der Waals surface area contributed by atoms with E-state index < -0.39 is 0 Å². The van der Waals surface area contributed by atoms with Crippen LogP contribution in [0, 0.1) is 0 Å². The number of hydroxylamine groups is 2. The van der Waals surface area contributed by atoms with E-state index in [2.05, 4.69) is 0 Å². The number of ketones is 1. The van der Waals surface area contributed by atoms with E-state index in [1.54, 1.807) is 12.1 Å². The third-order valence-electron chi connectivity index (χ3n) is 3.69. The van der Waals surface area contributed by atoms with Crippen LogP contribution in [0.1, 0.15) is 11.5 Å². The summed E-state index contributed by atoms with van der Waals surface area (Å²) in [7, 11) is 0. The highest BCUT2D eigenvalue weighted by Gasteiger charge is 2.32. The third-order valence-corrected chi connectivity index (χ3v) is 4.43. The van der Waals surface area contributed by atoms with Gasteiger partial charge in [-0.15, -0.1) is 0 Å². The van der Waals surface area contributed by atoms with Crippen LogP contribution in [0.15, 0.2) is 42.5 Å². The first-order valence-corrected chi connectivity index (χ1v) is 7.33. The van der Waals surface area contributed by atoms with Crippen molar-refractivity contribution >= 4 is 29.0 Å². The Bertz CT molecular complexity index is 702. The van der Waals surface area contributed by atoms with Crippen LogP contribution in [0.2, 0.25) is 10.0 Å². The van der Waals surface area contributed by atoms with Gasteiger partial charge in [0.15, 0.2) is 5.78 Å². The molecule has 0 bridgehead atoms. The van der Waals surface area contributed by atoms with Gasteiger partial charge in [0.05, 0.1) is 22.5 Å². The number of benzene rings is 2. The standard InChI is InChI=1S/C16H13Cl2NO2/c17-14-6-5-10(7-15(14)18)11-3-1-2-4-12(11)13-8-19(21)9-16(13)20/h1-7,13,21H,8-9H2. The van der Waals surface area contributed by atoms with E-state index in [-0.39, 0.29) is 18.2 Å². The molecule has 5 heteroatoms. The van der Waals surface area contributed by atoms with Crippen molar-refractivity contribution in [1.29, 1.82) is 0 Å². The molecular weight excluding hydrogens is 309 g/mol. The van der Waals surface area contributed by atoms with Gasteiger partial charge in [-0.05, 0) is 28.8 Å². The zero-order valence-electron chi connectivity index (χ0n) is 11.1. The predicted molar refractivity (Wildman–Crippen MR) is 83.0 cm³/mol. The van der Waals surface area contributed by atoms with Crippen LogP contribution in [0.5, 0.6) is 0 Å². The molecule has 2 aromatic rings. The SMILES string of the molecule is O=C1CN(O)CC1c1ccccc1-c1ccc(Cl)c(Cl)c1. The highest BCUT2D eigenvalue weighted by atomic mass is 35.5. The normalized spacial score (nSPS) is 19.2. The summed E-state index contributed by atoms with van der Waals surface area (Å²) in [6, 6.07) is 13.1. The average molecular weight is 322 g/mol. The van der Waals surface area contributed by atoms with E-state index in [4.69, 9.17) is 23.2 Å². The molecule has 0 radical (unpaired) electrons. The van der Waals surface area contributed by atoms with Crippen LogP contribution >= 0.6 is 23.2 Å². The van der Waals surface area contributed by atoms with Crippen LogP contribution < -0.4 is 0 Å². The fourth-order valence-electron chi connectivity index (χ4n) is 2.67. The molecule has 1 fully saturated rings. The van der Waals surface area contributed by atoms with E-state index in [0.29, 0.717) is 16.6 Å². The highest BCUT2D eigenvalue weighted by molar-refractivity contribution is 6.42. The summed E-state index contributed by atoms with van der Waals surface area (Å²) in [4.78, 5) is 12.0. The summed E-state index contributed by atoms with van der Waals surface area (Å²) in [6.45, 7) is 0.386. The minimum absolute atomic E-state index is 0.0185. The fraction of sp³-hybridized carbons (Fsp3) is 0.188. The largest absolute Gasteiger partial charge is 0.314 e. The maximum atomic E-state index is 12.0. The molecule has 1 saturated heterocycles. The van der Waals surface area contributed by atoms with Crippen LogP contribution in [-0.2, 0) is 4.79 Å². The van der Waals surface area contributed by atoms with Crippen LogP contribution in [-0.4, -0.2) is 29.1 Å². The summed E-state index contributed by atoms with van der Waals surface area (Å²) in [6.07, 6.45) is 0. The quantitative estimate of drug-likeness (QED) is 0.908. The van der Waals surface area contributed by atoms with E-state index >= 15 is 0 Å². The van der Waals surface area contributed by atoms with Crippen LogP contribution in [0.3, 0.4) is 0 Å². The predicted octanol–water partition coefficient (Wildman–Crippen LogP) is 4.02. The molecule has 1 heterocycles. The molecule has 1 unspecified atom stereocenters. The first-order chi connectivity index (χ1) is 10.1. The molecule has 0 aromatic heterocycles. The second-order valence-corrected chi connectivity index (χ2v) is 5.90.